The molecule has 0 radical (unpaired) electrons. The van der Waals surface area contributed by atoms with Gasteiger partial charge in [-0.25, -0.2) is 13.4 Å². The second-order valence-corrected chi connectivity index (χ2v) is 8.16. The van der Waals surface area contributed by atoms with Crippen LogP contribution in [0.1, 0.15) is 34.8 Å². The van der Waals surface area contributed by atoms with Crippen LogP contribution in [-0.4, -0.2) is 25.4 Å². The van der Waals surface area contributed by atoms with Crippen LogP contribution >= 0.6 is 11.3 Å². The molecular formula is C15H19N3O3S2. The lowest BCUT2D eigenvalue weighted by Crippen LogP contribution is -2.29. The van der Waals surface area contributed by atoms with Crippen LogP contribution in [0.3, 0.4) is 0 Å². The van der Waals surface area contributed by atoms with Crippen molar-refractivity contribution in [2.24, 2.45) is 0 Å². The van der Waals surface area contributed by atoms with Crippen molar-refractivity contribution < 1.29 is 13.2 Å². The predicted molar refractivity (Wildman–Crippen MR) is 91.4 cm³/mol. The summed E-state index contributed by atoms with van der Waals surface area (Å²) in [6, 6.07) is 6.51. The zero-order valence-electron chi connectivity index (χ0n) is 13.4. The largest absolute Gasteiger partial charge is 0.349 e. The molecule has 1 aromatic heterocycles. The maximum Gasteiger partial charge on any atom is 0.263 e. The molecule has 1 amide bonds. The molecule has 0 aliphatic carbocycles. The maximum atomic E-state index is 12.3. The molecule has 2 rings (SSSR count). The smallest absolute Gasteiger partial charge is 0.263 e. The number of aryl methyl sites for hydroxylation is 2. The highest BCUT2D eigenvalue weighted by Crippen LogP contribution is 2.25. The summed E-state index contributed by atoms with van der Waals surface area (Å²) >= 11 is 1.02. The Bertz CT molecular complexity index is 809. The third-order valence-electron chi connectivity index (χ3n) is 2.98. The summed E-state index contributed by atoms with van der Waals surface area (Å²) in [5.41, 5.74) is 1.47. The first kappa shape index (κ1) is 17.4. The van der Waals surface area contributed by atoms with Crippen molar-refractivity contribution in [1.82, 2.24) is 10.3 Å². The summed E-state index contributed by atoms with van der Waals surface area (Å²) in [4.78, 5) is 16.7. The van der Waals surface area contributed by atoms with Gasteiger partial charge in [0, 0.05) is 6.04 Å². The molecule has 2 N–H and O–H groups in total. The fraction of sp³-hybridized carbons (Fsp3) is 0.333. The average molecular weight is 353 g/mol. The van der Waals surface area contributed by atoms with Crippen molar-refractivity contribution in [2.75, 3.05) is 4.72 Å². The quantitative estimate of drug-likeness (QED) is 0.865. The van der Waals surface area contributed by atoms with E-state index in [-0.39, 0.29) is 22.0 Å². The Labute approximate surface area is 140 Å². The molecule has 0 unspecified atom stereocenters. The van der Waals surface area contributed by atoms with Crippen LogP contribution in [0, 0.1) is 13.8 Å². The van der Waals surface area contributed by atoms with Crippen molar-refractivity contribution in [2.45, 2.75) is 38.6 Å². The number of rotatable bonds is 5. The predicted octanol–water partition coefficient (Wildman–Crippen LogP) is 2.70. The van der Waals surface area contributed by atoms with Crippen LogP contribution in [-0.2, 0) is 10.0 Å². The molecular weight excluding hydrogens is 334 g/mol. The fourth-order valence-electron chi connectivity index (χ4n) is 1.87. The number of nitrogens with zero attached hydrogens (tertiary/aromatic N) is 1. The molecule has 1 heterocycles. The number of amides is 1. The van der Waals surface area contributed by atoms with E-state index in [0.29, 0.717) is 10.6 Å². The van der Waals surface area contributed by atoms with Gasteiger partial charge in [-0.3, -0.25) is 9.52 Å². The molecule has 0 aliphatic heterocycles. The van der Waals surface area contributed by atoms with Crippen LogP contribution in [0.25, 0.3) is 0 Å². The molecule has 8 heteroatoms. The minimum absolute atomic E-state index is 0.00306. The van der Waals surface area contributed by atoms with Crippen LogP contribution in [0.2, 0.25) is 0 Å². The number of carbonyl (C=O) groups excluding carboxylic acids is 1. The van der Waals surface area contributed by atoms with Crippen molar-refractivity contribution in [3.05, 3.63) is 40.4 Å². The van der Waals surface area contributed by atoms with Crippen LogP contribution in [0.5, 0.6) is 0 Å². The Morgan fingerprint density at radius 2 is 1.78 bits per heavy atom. The van der Waals surface area contributed by atoms with Crippen LogP contribution < -0.4 is 10.0 Å². The third kappa shape index (κ3) is 4.29. The number of hydrogen-bond acceptors (Lipinski definition) is 5. The number of hydrogen-bond donors (Lipinski definition) is 2. The number of carbonyl (C=O) groups is 1. The summed E-state index contributed by atoms with van der Waals surface area (Å²) in [5.74, 6) is -0.254. The molecule has 0 aliphatic rings. The molecule has 1 aromatic carbocycles. The summed E-state index contributed by atoms with van der Waals surface area (Å²) in [6.45, 7) is 7.27. The number of sulfonamides is 1. The van der Waals surface area contributed by atoms with E-state index in [2.05, 4.69) is 15.0 Å². The summed E-state index contributed by atoms with van der Waals surface area (Å²) in [6.07, 6.45) is 0. The number of thiazole rings is 1. The van der Waals surface area contributed by atoms with Gasteiger partial charge in [-0.05, 0) is 39.8 Å². The van der Waals surface area contributed by atoms with Crippen molar-refractivity contribution in [3.63, 3.8) is 0 Å². The normalized spacial score (nSPS) is 11.5. The van der Waals surface area contributed by atoms with Gasteiger partial charge in [0.25, 0.3) is 15.9 Å². The van der Waals surface area contributed by atoms with E-state index >= 15 is 0 Å². The van der Waals surface area contributed by atoms with E-state index in [1.165, 1.54) is 12.1 Å². The van der Waals surface area contributed by atoms with Crippen molar-refractivity contribution >= 4 is 32.4 Å². The molecule has 6 nitrogen and oxygen atoms in total. The maximum absolute atomic E-state index is 12.3. The van der Waals surface area contributed by atoms with Gasteiger partial charge >= 0.3 is 0 Å². The molecule has 0 spiro atoms. The van der Waals surface area contributed by atoms with Crippen molar-refractivity contribution in [1.29, 1.82) is 0 Å². The lowest BCUT2D eigenvalue weighted by atomic mass is 10.2. The zero-order valence-corrected chi connectivity index (χ0v) is 15.0. The van der Waals surface area contributed by atoms with E-state index in [4.69, 9.17) is 0 Å². The first-order valence-corrected chi connectivity index (χ1v) is 9.37. The lowest BCUT2D eigenvalue weighted by molar-refractivity contribution is 0.0946. The molecule has 0 bridgehead atoms. The summed E-state index contributed by atoms with van der Waals surface area (Å²) < 4.78 is 27.1. The minimum Gasteiger partial charge on any atom is -0.349 e. The fourth-order valence-corrected chi connectivity index (χ4v) is 3.97. The van der Waals surface area contributed by atoms with Gasteiger partial charge in [0.05, 0.1) is 10.6 Å². The highest BCUT2D eigenvalue weighted by atomic mass is 32.2. The highest BCUT2D eigenvalue weighted by molar-refractivity contribution is 7.93. The highest BCUT2D eigenvalue weighted by Gasteiger charge is 2.20. The monoisotopic (exact) mass is 353 g/mol. The Kier molecular flexibility index (Phi) is 5.06. The van der Waals surface area contributed by atoms with E-state index in [9.17, 15) is 13.2 Å². The average Bonchev–Trinajstić information content (AvgIpc) is 2.78. The molecule has 2 aromatic rings. The van der Waals surface area contributed by atoms with Crippen LogP contribution in [0.4, 0.5) is 5.13 Å². The van der Waals surface area contributed by atoms with Gasteiger partial charge in [-0.15, -0.1) is 0 Å². The molecule has 0 saturated heterocycles. The van der Waals surface area contributed by atoms with Crippen LogP contribution in [0.15, 0.2) is 29.2 Å². The van der Waals surface area contributed by atoms with Gasteiger partial charge in [0.2, 0.25) is 0 Å². The third-order valence-corrected chi connectivity index (χ3v) is 5.53. The molecule has 0 fully saturated rings. The number of aromatic nitrogens is 1. The molecule has 23 heavy (non-hydrogen) atoms. The molecule has 0 atom stereocenters. The Balaban J connectivity index is 2.23. The number of anilines is 1. The van der Waals surface area contributed by atoms with E-state index in [1.807, 2.05) is 20.8 Å². The zero-order chi connectivity index (χ0) is 17.2. The Hall–Kier alpha value is -1.93. The van der Waals surface area contributed by atoms with E-state index in [0.717, 1.165) is 16.9 Å². The molecule has 124 valence electrons. The topological polar surface area (TPSA) is 88.2 Å². The van der Waals surface area contributed by atoms with Crippen molar-refractivity contribution in [3.8, 4) is 0 Å². The second-order valence-electron chi connectivity index (χ2n) is 5.48. The van der Waals surface area contributed by atoms with E-state index < -0.39 is 10.0 Å². The van der Waals surface area contributed by atoms with Gasteiger partial charge in [0.15, 0.2) is 5.13 Å². The standard InChI is InChI=1S/C15H19N3O3S2/c1-9(2)16-14(19)13-11(4)17-15(22-13)18-23(20,21)12-7-5-10(3)6-8-12/h5-9H,1-4H3,(H,16,19)(H,17,18). The minimum atomic E-state index is -3.72. The second kappa shape index (κ2) is 6.67. The summed E-state index contributed by atoms with van der Waals surface area (Å²) in [5, 5.41) is 2.95. The first-order chi connectivity index (χ1) is 10.7. The molecule has 0 saturated carbocycles. The number of nitrogens with one attached hydrogen (secondary N) is 2. The Morgan fingerprint density at radius 3 is 2.35 bits per heavy atom. The van der Waals surface area contributed by atoms with E-state index in [1.54, 1.807) is 19.1 Å². The van der Waals surface area contributed by atoms with Gasteiger partial charge in [0.1, 0.15) is 4.88 Å². The first-order valence-electron chi connectivity index (χ1n) is 7.07. The van der Waals surface area contributed by atoms with Gasteiger partial charge in [-0.2, -0.15) is 0 Å². The SMILES string of the molecule is Cc1ccc(S(=O)(=O)Nc2nc(C)c(C(=O)NC(C)C)s2)cc1. The van der Waals surface area contributed by atoms with Gasteiger partial charge in [-0.1, -0.05) is 29.0 Å². The van der Waals surface area contributed by atoms with Gasteiger partial charge < -0.3 is 5.32 Å². The summed E-state index contributed by atoms with van der Waals surface area (Å²) in [7, 11) is -3.72. The lowest BCUT2D eigenvalue weighted by Gasteiger charge is -2.06. The number of benzene rings is 1. The Morgan fingerprint density at radius 1 is 1.17 bits per heavy atom.